The van der Waals surface area contributed by atoms with Crippen LogP contribution in [0.25, 0.3) is 0 Å². The number of fused-ring (bicyclic) bond motifs is 2. The minimum absolute atomic E-state index is 0.0498. The molecule has 0 saturated carbocycles. The average Bonchev–Trinajstić information content (AvgIpc) is 3.80. The SMILES string of the molecule is COc1cccc(C(=O)C(=O)NCc2cccc3c2CN(C2CCC(=O)NC2=O)C3=O)c1.O=C1CCC(N2Cc3cc(CCC(=O)C(=O)c4ccc(F)c(F)c4)ccc3C2=O)C(=O)N1. The lowest BCUT2D eigenvalue weighted by molar-refractivity contribution is -0.138. The summed E-state index contributed by atoms with van der Waals surface area (Å²) in [5.41, 5.74) is 3.66. The van der Waals surface area contributed by atoms with Crippen LogP contribution >= 0.6 is 0 Å². The first kappa shape index (κ1) is 44.3. The predicted molar refractivity (Wildman–Crippen MR) is 218 cm³/mol. The van der Waals surface area contributed by atoms with Gasteiger partial charge in [-0.3, -0.25) is 58.6 Å². The number of rotatable bonds is 12. The van der Waals surface area contributed by atoms with Gasteiger partial charge in [0.1, 0.15) is 17.8 Å². The van der Waals surface area contributed by atoms with E-state index in [4.69, 9.17) is 4.74 Å². The van der Waals surface area contributed by atoms with Crippen LogP contribution < -0.4 is 20.7 Å². The van der Waals surface area contributed by atoms with Crippen molar-refractivity contribution in [1.29, 1.82) is 0 Å². The molecule has 16 nitrogen and oxygen atoms in total. The standard InChI is InChI=1S/C23H18F2N2O5.C23H21N3O6/c24-16-5-3-13(10-17(16)25)21(30)19(28)7-2-12-1-4-15-14(9-12)11-27(23(15)32)18-6-8-20(29)26-22(18)31;1-32-15-6-2-4-13(10-15)20(28)22(30)24-11-14-5-3-7-16-17(14)12-26(23(16)31)18-8-9-19(27)25-21(18)29/h1,3-5,9-10,18H,2,6-8,11H2,(H,26,29,31);2-7,10,18H,8-9,11-12H2,1H3,(H,24,30)(H,25,27,29). The number of hydrogen-bond acceptors (Lipinski definition) is 11. The Morgan fingerprint density at radius 2 is 1.34 bits per heavy atom. The van der Waals surface area contributed by atoms with E-state index in [2.05, 4.69) is 16.0 Å². The lowest BCUT2D eigenvalue weighted by atomic mass is 9.99. The number of carbonyl (C=O) groups excluding carboxylic acids is 10. The zero-order valence-electron chi connectivity index (χ0n) is 34.2. The van der Waals surface area contributed by atoms with Crippen molar-refractivity contribution in [2.24, 2.45) is 0 Å². The largest absolute Gasteiger partial charge is 0.497 e. The normalized spacial score (nSPS) is 17.7. The van der Waals surface area contributed by atoms with Crippen molar-refractivity contribution >= 4 is 58.7 Å². The Kier molecular flexibility index (Phi) is 12.9. The Labute approximate surface area is 363 Å². The number of piperidine rings is 2. The number of imide groups is 2. The van der Waals surface area contributed by atoms with E-state index in [9.17, 15) is 56.7 Å². The molecule has 2 fully saturated rings. The highest BCUT2D eigenvalue weighted by molar-refractivity contribution is 6.44. The van der Waals surface area contributed by atoms with Gasteiger partial charge < -0.3 is 19.9 Å². The summed E-state index contributed by atoms with van der Waals surface area (Å²) >= 11 is 0. The minimum atomic E-state index is -1.20. The lowest BCUT2D eigenvalue weighted by Crippen LogP contribution is -2.52. The number of ketones is 3. The van der Waals surface area contributed by atoms with E-state index in [-0.39, 0.29) is 92.9 Å². The summed E-state index contributed by atoms with van der Waals surface area (Å²) in [4.78, 5) is 125. The third-order valence-electron chi connectivity index (χ3n) is 11.3. The molecule has 2 saturated heterocycles. The van der Waals surface area contributed by atoms with E-state index < -0.39 is 58.8 Å². The van der Waals surface area contributed by atoms with Gasteiger partial charge in [0.25, 0.3) is 17.7 Å². The second-order valence-corrected chi connectivity index (χ2v) is 15.4. The summed E-state index contributed by atoms with van der Waals surface area (Å²) in [5.74, 6) is -7.23. The Bertz CT molecular complexity index is 2680. The van der Waals surface area contributed by atoms with Crippen LogP contribution in [0.3, 0.4) is 0 Å². The van der Waals surface area contributed by atoms with Crippen LogP contribution in [-0.4, -0.2) is 87.7 Å². The van der Waals surface area contributed by atoms with Crippen molar-refractivity contribution < 1.29 is 61.5 Å². The van der Waals surface area contributed by atoms with Crippen LogP contribution in [0.5, 0.6) is 5.75 Å². The number of amides is 7. The summed E-state index contributed by atoms with van der Waals surface area (Å²) in [6, 6.07) is 17.6. The zero-order chi connectivity index (χ0) is 45.8. The highest BCUT2D eigenvalue weighted by atomic mass is 19.2. The molecule has 0 spiro atoms. The average molecular weight is 876 g/mol. The fourth-order valence-corrected chi connectivity index (χ4v) is 7.92. The minimum Gasteiger partial charge on any atom is -0.497 e. The molecule has 328 valence electrons. The van der Waals surface area contributed by atoms with Gasteiger partial charge in [-0.1, -0.05) is 36.4 Å². The van der Waals surface area contributed by atoms with E-state index in [0.717, 1.165) is 12.1 Å². The van der Waals surface area contributed by atoms with Gasteiger partial charge in [0.15, 0.2) is 11.6 Å². The van der Waals surface area contributed by atoms with Gasteiger partial charge in [0, 0.05) is 61.2 Å². The molecular weight excluding hydrogens is 837 g/mol. The molecule has 0 aliphatic carbocycles. The first-order valence-corrected chi connectivity index (χ1v) is 20.1. The molecule has 18 heteroatoms. The summed E-state index contributed by atoms with van der Waals surface area (Å²) in [7, 11) is 1.47. The van der Waals surface area contributed by atoms with Crippen molar-refractivity contribution in [1.82, 2.24) is 25.8 Å². The number of Topliss-reactive ketones (excluding diaryl/α,β-unsaturated/α-hetero) is 3. The molecule has 7 amide bonds. The van der Waals surface area contributed by atoms with Crippen molar-refractivity contribution in [3.8, 4) is 5.75 Å². The lowest BCUT2D eigenvalue weighted by Gasteiger charge is -2.29. The molecular formula is C46H39F2N5O11. The van der Waals surface area contributed by atoms with Gasteiger partial charge in [-0.05, 0) is 84.0 Å². The van der Waals surface area contributed by atoms with Crippen LogP contribution in [0.1, 0.15) is 95.8 Å². The number of hydrogen-bond donors (Lipinski definition) is 3. The van der Waals surface area contributed by atoms with Crippen LogP contribution in [-0.2, 0) is 54.8 Å². The van der Waals surface area contributed by atoms with E-state index in [1.807, 2.05) is 0 Å². The number of nitrogens with one attached hydrogen (secondary N) is 3. The quantitative estimate of drug-likeness (QED) is 0.107. The van der Waals surface area contributed by atoms with Crippen LogP contribution in [0, 0.1) is 11.6 Å². The Balaban J connectivity index is 0.000000191. The molecule has 2 atom stereocenters. The maximum atomic E-state index is 13.3. The number of methoxy groups -OCH3 is 1. The van der Waals surface area contributed by atoms with E-state index in [1.165, 1.54) is 29.0 Å². The van der Waals surface area contributed by atoms with Crippen LogP contribution in [0.2, 0.25) is 0 Å². The smallest absolute Gasteiger partial charge is 0.292 e. The van der Waals surface area contributed by atoms with Crippen LogP contribution in [0.15, 0.2) is 78.9 Å². The van der Waals surface area contributed by atoms with Crippen molar-refractivity contribution in [3.05, 3.63) is 135 Å². The Morgan fingerprint density at radius 3 is 2.00 bits per heavy atom. The van der Waals surface area contributed by atoms with Gasteiger partial charge in [0.2, 0.25) is 41.0 Å². The fraction of sp³-hybridized carbons (Fsp3) is 0.261. The molecule has 4 aromatic carbocycles. The second-order valence-electron chi connectivity index (χ2n) is 15.4. The predicted octanol–water partition coefficient (Wildman–Crippen LogP) is 3.07. The molecule has 0 aromatic heterocycles. The maximum Gasteiger partial charge on any atom is 0.292 e. The molecule has 3 N–H and O–H groups in total. The van der Waals surface area contributed by atoms with Crippen molar-refractivity contribution in [2.45, 2.75) is 70.2 Å². The van der Waals surface area contributed by atoms with Crippen LogP contribution in [0.4, 0.5) is 8.78 Å². The Morgan fingerprint density at radius 1 is 0.703 bits per heavy atom. The molecule has 0 bridgehead atoms. The number of benzene rings is 4. The molecule has 4 aliphatic rings. The molecule has 0 radical (unpaired) electrons. The molecule has 2 unspecified atom stereocenters. The molecule has 64 heavy (non-hydrogen) atoms. The molecule has 4 aromatic rings. The summed E-state index contributed by atoms with van der Waals surface area (Å²) < 4.78 is 31.4. The molecule has 8 rings (SSSR count). The summed E-state index contributed by atoms with van der Waals surface area (Å²) in [6.45, 7) is 0.445. The highest BCUT2D eigenvalue weighted by Gasteiger charge is 2.41. The molecule has 4 heterocycles. The van der Waals surface area contributed by atoms with E-state index in [1.54, 1.807) is 48.5 Å². The van der Waals surface area contributed by atoms with Gasteiger partial charge in [-0.25, -0.2) is 8.78 Å². The number of ether oxygens (including phenoxy) is 1. The Hall–Kier alpha value is -7.76. The van der Waals surface area contributed by atoms with Gasteiger partial charge in [0.05, 0.1) is 7.11 Å². The first-order valence-electron chi connectivity index (χ1n) is 20.1. The number of carbonyl (C=O) groups is 10. The third-order valence-corrected chi connectivity index (χ3v) is 11.3. The molecule has 4 aliphatic heterocycles. The van der Waals surface area contributed by atoms with Gasteiger partial charge in [-0.15, -0.1) is 0 Å². The number of halogens is 2. The monoisotopic (exact) mass is 875 g/mol. The first-order chi connectivity index (χ1) is 30.6. The van der Waals surface area contributed by atoms with Crippen molar-refractivity contribution in [3.63, 3.8) is 0 Å². The summed E-state index contributed by atoms with van der Waals surface area (Å²) in [5, 5.41) is 7.12. The maximum absolute atomic E-state index is 13.3. The third kappa shape index (κ3) is 9.35. The zero-order valence-corrected chi connectivity index (χ0v) is 34.2. The fourth-order valence-electron chi connectivity index (χ4n) is 7.92. The summed E-state index contributed by atoms with van der Waals surface area (Å²) in [6.07, 6.45) is 0.945. The number of nitrogens with zero attached hydrogens (tertiary/aromatic N) is 2. The van der Waals surface area contributed by atoms with Gasteiger partial charge >= 0.3 is 0 Å². The van der Waals surface area contributed by atoms with E-state index >= 15 is 0 Å². The van der Waals surface area contributed by atoms with E-state index in [0.29, 0.717) is 45.2 Å². The number of aryl methyl sites for hydroxylation is 1. The second kappa shape index (κ2) is 18.7. The van der Waals surface area contributed by atoms with Crippen molar-refractivity contribution in [2.75, 3.05) is 7.11 Å². The van der Waals surface area contributed by atoms with Gasteiger partial charge in [-0.2, -0.15) is 0 Å². The highest BCUT2D eigenvalue weighted by Crippen LogP contribution is 2.31. The topological polar surface area (TPSA) is 222 Å².